The molecule has 106 valence electrons. The van der Waals surface area contributed by atoms with Crippen molar-refractivity contribution in [3.63, 3.8) is 0 Å². The maximum absolute atomic E-state index is 5.55. The number of rotatable bonds is 8. The Bertz CT molecular complexity index is 408. The average molecular weight is 265 g/mol. The van der Waals surface area contributed by atoms with Crippen LogP contribution in [-0.2, 0) is 0 Å². The van der Waals surface area contributed by atoms with Gasteiger partial charge in [-0.2, -0.15) is 15.0 Å². The summed E-state index contributed by atoms with van der Waals surface area (Å²) in [5.41, 5.74) is 0. The quantitative estimate of drug-likeness (QED) is 0.776. The Morgan fingerprint density at radius 2 is 2.00 bits per heavy atom. The van der Waals surface area contributed by atoms with Crippen LogP contribution in [0.5, 0.6) is 6.01 Å². The number of hydrogen-bond acceptors (Lipinski definition) is 6. The molecule has 6 nitrogen and oxygen atoms in total. The predicted octanol–water partition coefficient (Wildman–Crippen LogP) is 2.08. The van der Waals surface area contributed by atoms with Gasteiger partial charge < -0.3 is 15.0 Å². The summed E-state index contributed by atoms with van der Waals surface area (Å²) in [7, 11) is 0. The number of hydrogen-bond donors (Lipinski definition) is 1. The second kappa shape index (κ2) is 6.54. The van der Waals surface area contributed by atoms with Crippen molar-refractivity contribution in [1.29, 1.82) is 0 Å². The molecule has 0 aliphatic heterocycles. The molecule has 0 radical (unpaired) electrons. The monoisotopic (exact) mass is 265 g/mol. The first-order valence-electron chi connectivity index (χ1n) is 7.17. The van der Waals surface area contributed by atoms with Crippen LogP contribution in [0.3, 0.4) is 0 Å². The maximum Gasteiger partial charge on any atom is 0.323 e. The molecule has 0 atom stereocenters. The van der Waals surface area contributed by atoms with Gasteiger partial charge in [-0.15, -0.1) is 0 Å². The van der Waals surface area contributed by atoms with Gasteiger partial charge in [0.15, 0.2) is 0 Å². The molecule has 1 aromatic rings. The first-order valence-corrected chi connectivity index (χ1v) is 7.17. The molecule has 1 aromatic heterocycles. The van der Waals surface area contributed by atoms with Crippen molar-refractivity contribution >= 4 is 11.9 Å². The smallest absolute Gasteiger partial charge is 0.323 e. The summed E-state index contributed by atoms with van der Waals surface area (Å²) in [5, 5.41) is 3.13. The molecule has 1 saturated carbocycles. The molecule has 0 spiro atoms. The summed E-state index contributed by atoms with van der Waals surface area (Å²) in [6.07, 6.45) is 3.39. The first-order chi connectivity index (χ1) is 9.28. The highest BCUT2D eigenvalue weighted by Crippen LogP contribution is 2.30. The molecule has 6 heteroatoms. The average Bonchev–Trinajstić information content (AvgIpc) is 3.22. The Morgan fingerprint density at radius 1 is 1.21 bits per heavy atom. The van der Waals surface area contributed by atoms with Gasteiger partial charge in [0.05, 0.1) is 6.61 Å². The summed E-state index contributed by atoms with van der Waals surface area (Å²) in [6, 6.07) is 1.00. The Kier molecular flexibility index (Phi) is 4.76. The molecule has 1 aliphatic rings. The Balaban J connectivity index is 2.21. The summed E-state index contributed by atoms with van der Waals surface area (Å²) in [5.74, 6) is 1.32. The van der Waals surface area contributed by atoms with E-state index in [2.05, 4.69) is 39.0 Å². The predicted molar refractivity (Wildman–Crippen MR) is 75.8 cm³/mol. The van der Waals surface area contributed by atoms with E-state index in [1.165, 1.54) is 12.8 Å². The number of ether oxygens (including phenoxy) is 1. The molecule has 0 aromatic carbocycles. The van der Waals surface area contributed by atoms with Crippen LogP contribution in [0.15, 0.2) is 0 Å². The summed E-state index contributed by atoms with van der Waals surface area (Å²) in [6.45, 7) is 8.54. The van der Waals surface area contributed by atoms with E-state index < -0.39 is 0 Å². The normalized spacial score (nSPS) is 14.3. The molecule has 19 heavy (non-hydrogen) atoms. The lowest BCUT2D eigenvalue weighted by atomic mass is 10.5. The highest BCUT2D eigenvalue weighted by molar-refractivity contribution is 5.40. The van der Waals surface area contributed by atoms with Crippen molar-refractivity contribution in [1.82, 2.24) is 15.0 Å². The molecule has 0 saturated heterocycles. The minimum Gasteiger partial charge on any atom is -0.463 e. The van der Waals surface area contributed by atoms with Gasteiger partial charge in [0.25, 0.3) is 0 Å². The molecule has 0 unspecified atom stereocenters. The maximum atomic E-state index is 5.55. The van der Waals surface area contributed by atoms with Crippen LogP contribution < -0.4 is 15.0 Å². The van der Waals surface area contributed by atoms with Crippen molar-refractivity contribution < 1.29 is 4.74 Å². The number of nitrogens with zero attached hydrogens (tertiary/aromatic N) is 4. The summed E-state index contributed by atoms with van der Waals surface area (Å²) >= 11 is 0. The topological polar surface area (TPSA) is 63.2 Å². The first kappa shape index (κ1) is 13.8. The molecular formula is C13H23N5O. The largest absolute Gasteiger partial charge is 0.463 e. The van der Waals surface area contributed by atoms with Gasteiger partial charge in [-0.3, -0.25) is 0 Å². The van der Waals surface area contributed by atoms with Gasteiger partial charge in [0.2, 0.25) is 11.9 Å². The molecule has 2 rings (SSSR count). The molecule has 1 fully saturated rings. The Labute approximate surface area is 114 Å². The molecular weight excluding hydrogens is 242 g/mol. The molecule has 1 heterocycles. The lowest BCUT2D eigenvalue weighted by Gasteiger charge is -2.21. The zero-order valence-corrected chi connectivity index (χ0v) is 12.0. The van der Waals surface area contributed by atoms with Crippen molar-refractivity contribution in [2.24, 2.45) is 0 Å². The molecule has 1 aliphatic carbocycles. The Hall–Kier alpha value is -1.59. The van der Waals surface area contributed by atoms with Gasteiger partial charge in [0, 0.05) is 19.1 Å². The van der Waals surface area contributed by atoms with Crippen LogP contribution in [0.1, 0.15) is 40.0 Å². The standard InChI is InChI=1S/C13H23N5O/c1-4-9-19-13-16-11(14-5-2)15-12(17-13)18(6-3)10-7-8-10/h10H,4-9H2,1-3H3,(H,14,15,16,17). The van der Waals surface area contributed by atoms with Crippen LogP contribution in [0.2, 0.25) is 0 Å². The van der Waals surface area contributed by atoms with E-state index in [0.29, 0.717) is 24.6 Å². The van der Waals surface area contributed by atoms with Gasteiger partial charge in [0.1, 0.15) is 0 Å². The van der Waals surface area contributed by atoms with Gasteiger partial charge in [-0.1, -0.05) is 6.92 Å². The van der Waals surface area contributed by atoms with Gasteiger partial charge >= 0.3 is 6.01 Å². The second-order valence-corrected chi connectivity index (χ2v) is 4.64. The van der Waals surface area contributed by atoms with Crippen LogP contribution in [-0.4, -0.2) is 40.7 Å². The van der Waals surface area contributed by atoms with E-state index in [1.807, 2.05) is 6.92 Å². The lowest BCUT2D eigenvalue weighted by Crippen LogP contribution is -2.28. The third kappa shape index (κ3) is 3.68. The van der Waals surface area contributed by atoms with Gasteiger partial charge in [-0.25, -0.2) is 0 Å². The van der Waals surface area contributed by atoms with Crippen molar-refractivity contribution in [2.45, 2.75) is 46.1 Å². The fraction of sp³-hybridized carbons (Fsp3) is 0.769. The van der Waals surface area contributed by atoms with E-state index in [0.717, 1.165) is 25.5 Å². The fourth-order valence-electron chi connectivity index (χ4n) is 1.92. The van der Waals surface area contributed by atoms with E-state index in [-0.39, 0.29) is 0 Å². The summed E-state index contributed by atoms with van der Waals surface area (Å²) in [4.78, 5) is 15.4. The fourth-order valence-corrected chi connectivity index (χ4v) is 1.92. The van der Waals surface area contributed by atoms with Crippen molar-refractivity contribution in [3.05, 3.63) is 0 Å². The van der Waals surface area contributed by atoms with E-state index in [4.69, 9.17) is 4.74 Å². The van der Waals surface area contributed by atoms with E-state index in [1.54, 1.807) is 0 Å². The number of anilines is 2. The Morgan fingerprint density at radius 3 is 2.58 bits per heavy atom. The zero-order chi connectivity index (χ0) is 13.7. The second-order valence-electron chi connectivity index (χ2n) is 4.64. The zero-order valence-electron chi connectivity index (χ0n) is 12.0. The number of nitrogens with one attached hydrogen (secondary N) is 1. The number of aromatic nitrogens is 3. The van der Waals surface area contributed by atoms with Crippen molar-refractivity contribution in [3.8, 4) is 6.01 Å². The van der Waals surface area contributed by atoms with Crippen LogP contribution >= 0.6 is 0 Å². The lowest BCUT2D eigenvalue weighted by molar-refractivity contribution is 0.292. The SMILES string of the molecule is CCCOc1nc(NCC)nc(N(CC)C2CC2)n1. The highest BCUT2D eigenvalue weighted by Gasteiger charge is 2.30. The van der Waals surface area contributed by atoms with Crippen LogP contribution in [0, 0.1) is 0 Å². The van der Waals surface area contributed by atoms with Gasteiger partial charge in [-0.05, 0) is 33.1 Å². The molecule has 0 amide bonds. The summed E-state index contributed by atoms with van der Waals surface area (Å²) < 4.78 is 5.55. The van der Waals surface area contributed by atoms with Crippen LogP contribution in [0.4, 0.5) is 11.9 Å². The third-order valence-corrected chi connectivity index (χ3v) is 2.96. The minimum atomic E-state index is 0.418. The van der Waals surface area contributed by atoms with Crippen LogP contribution in [0.25, 0.3) is 0 Å². The molecule has 1 N–H and O–H groups in total. The van der Waals surface area contributed by atoms with Crippen molar-refractivity contribution in [2.75, 3.05) is 29.9 Å². The third-order valence-electron chi connectivity index (χ3n) is 2.96. The highest BCUT2D eigenvalue weighted by atomic mass is 16.5. The minimum absolute atomic E-state index is 0.418. The molecule has 0 bridgehead atoms. The van der Waals surface area contributed by atoms with E-state index in [9.17, 15) is 0 Å². The van der Waals surface area contributed by atoms with E-state index >= 15 is 0 Å².